The first-order valence-electron chi connectivity index (χ1n) is 9.54. The third-order valence-electron chi connectivity index (χ3n) is 4.82. The normalized spacial score (nSPS) is 16.2. The van der Waals surface area contributed by atoms with Gasteiger partial charge in [-0.05, 0) is 48.6 Å². The lowest BCUT2D eigenvalue weighted by molar-refractivity contribution is -0.117. The standard InChI is InChI=1S/C22H27F2N3O/c1-13-6-19-18(25-21(13)26-20(28)11-22(3,4)5)7-14(2)27(19)12-15-8-16(23)10-17(24)9-15/h6,8-10,14H,7,11-12H2,1-5H3,(H,25,26,28)/t14-/m0/s1. The number of nitrogens with one attached hydrogen (secondary N) is 1. The minimum absolute atomic E-state index is 0.0545. The molecule has 0 aliphatic carbocycles. The molecule has 0 saturated carbocycles. The lowest BCUT2D eigenvalue weighted by Crippen LogP contribution is -2.28. The van der Waals surface area contributed by atoms with Gasteiger partial charge in [0.15, 0.2) is 0 Å². The third kappa shape index (κ3) is 4.66. The van der Waals surface area contributed by atoms with Gasteiger partial charge in [-0.15, -0.1) is 0 Å². The number of benzene rings is 1. The number of anilines is 2. The van der Waals surface area contributed by atoms with Gasteiger partial charge in [-0.25, -0.2) is 13.8 Å². The van der Waals surface area contributed by atoms with E-state index in [4.69, 9.17) is 0 Å². The molecule has 2 aromatic rings. The van der Waals surface area contributed by atoms with E-state index in [0.717, 1.165) is 29.4 Å². The van der Waals surface area contributed by atoms with Crippen LogP contribution in [0, 0.1) is 24.0 Å². The fourth-order valence-electron chi connectivity index (χ4n) is 3.59. The number of aromatic nitrogens is 1. The SMILES string of the molecule is Cc1cc2c(nc1NC(=O)CC(C)(C)C)C[C@H](C)N2Cc1cc(F)cc(F)c1. The van der Waals surface area contributed by atoms with Crippen molar-refractivity contribution in [2.75, 3.05) is 10.2 Å². The largest absolute Gasteiger partial charge is 0.363 e. The van der Waals surface area contributed by atoms with Crippen molar-refractivity contribution in [3.63, 3.8) is 0 Å². The van der Waals surface area contributed by atoms with Crippen molar-refractivity contribution >= 4 is 17.4 Å². The van der Waals surface area contributed by atoms with Crippen molar-refractivity contribution in [1.82, 2.24) is 4.98 Å². The molecule has 0 fully saturated rings. The molecule has 0 bridgehead atoms. The van der Waals surface area contributed by atoms with E-state index in [9.17, 15) is 13.6 Å². The predicted molar refractivity (Wildman–Crippen MR) is 107 cm³/mol. The molecule has 2 heterocycles. The maximum Gasteiger partial charge on any atom is 0.226 e. The van der Waals surface area contributed by atoms with Crippen LogP contribution in [0.2, 0.25) is 0 Å². The zero-order valence-corrected chi connectivity index (χ0v) is 17.1. The number of fused-ring (bicyclic) bond motifs is 1. The topological polar surface area (TPSA) is 45.2 Å². The van der Waals surface area contributed by atoms with Crippen LogP contribution in [0.15, 0.2) is 24.3 Å². The molecule has 4 nitrogen and oxygen atoms in total. The number of pyridine rings is 1. The van der Waals surface area contributed by atoms with Crippen molar-refractivity contribution in [3.05, 3.63) is 52.7 Å². The molecule has 0 saturated heterocycles. The summed E-state index contributed by atoms with van der Waals surface area (Å²) < 4.78 is 27.1. The fraction of sp³-hybridized carbons (Fsp3) is 0.455. The number of hydrogen-bond donors (Lipinski definition) is 1. The van der Waals surface area contributed by atoms with Crippen molar-refractivity contribution in [1.29, 1.82) is 0 Å². The lowest BCUT2D eigenvalue weighted by Gasteiger charge is -2.25. The van der Waals surface area contributed by atoms with Crippen molar-refractivity contribution in [2.24, 2.45) is 5.41 Å². The second-order valence-corrected chi connectivity index (χ2v) is 8.86. The van der Waals surface area contributed by atoms with Crippen LogP contribution in [0.25, 0.3) is 0 Å². The molecule has 0 radical (unpaired) electrons. The lowest BCUT2D eigenvalue weighted by atomic mass is 9.92. The minimum Gasteiger partial charge on any atom is -0.363 e. The molecule has 3 rings (SSSR count). The maximum absolute atomic E-state index is 13.5. The van der Waals surface area contributed by atoms with Crippen LogP contribution in [0.4, 0.5) is 20.3 Å². The molecular weight excluding hydrogens is 360 g/mol. The maximum atomic E-state index is 13.5. The number of amides is 1. The summed E-state index contributed by atoms with van der Waals surface area (Å²) in [4.78, 5) is 19.1. The van der Waals surface area contributed by atoms with Crippen LogP contribution in [0.5, 0.6) is 0 Å². The van der Waals surface area contributed by atoms with Gasteiger partial charge in [-0.2, -0.15) is 0 Å². The average Bonchev–Trinajstić information content (AvgIpc) is 2.80. The van der Waals surface area contributed by atoms with Crippen LogP contribution in [0.1, 0.15) is 50.9 Å². The first-order chi connectivity index (χ1) is 13.0. The van der Waals surface area contributed by atoms with E-state index in [2.05, 4.69) is 22.1 Å². The highest BCUT2D eigenvalue weighted by Crippen LogP contribution is 2.35. The highest BCUT2D eigenvalue weighted by Gasteiger charge is 2.29. The molecular formula is C22H27F2N3O. The van der Waals surface area contributed by atoms with Gasteiger partial charge in [0.1, 0.15) is 17.5 Å². The highest BCUT2D eigenvalue weighted by molar-refractivity contribution is 5.91. The molecule has 1 amide bonds. The smallest absolute Gasteiger partial charge is 0.226 e. The zero-order valence-electron chi connectivity index (χ0n) is 17.1. The summed E-state index contributed by atoms with van der Waals surface area (Å²) in [6.07, 6.45) is 1.13. The van der Waals surface area contributed by atoms with Gasteiger partial charge in [0.25, 0.3) is 0 Å². The van der Waals surface area contributed by atoms with E-state index in [0.29, 0.717) is 24.3 Å². The Labute approximate surface area is 165 Å². The number of aryl methyl sites for hydroxylation is 1. The van der Waals surface area contributed by atoms with Crippen molar-refractivity contribution in [3.8, 4) is 0 Å². The molecule has 6 heteroatoms. The van der Waals surface area contributed by atoms with Crippen LogP contribution >= 0.6 is 0 Å². The highest BCUT2D eigenvalue weighted by atomic mass is 19.1. The molecule has 1 aliphatic rings. The van der Waals surface area contributed by atoms with Gasteiger partial charge in [0.2, 0.25) is 5.91 Å². The number of halogens is 2. The van der Waals surface area contributed by atoms with Crippen LogP contribution in [-0.4, -0.2) is 16.9 Å². The summed E-state index contributed by atoms with van der Waals surface area (Å²) in [7, 11) is 0. The summed E-state index contributed by atoms with van der Waals surface area (Å²) in [5.41, 5.74) is 3.19. The molecule has 0 spiro atoms. The summed E-state index contributed by atoms with van der Waals surface area (Å²) in [6, 6.07) is 5.73. The molecule has 1 atom stereocenters. The summed E-state index contributed by atoms with van der Waals surface area (Å²) in [5.74, 6) is -0.624. The summed E-state index contributed by atoms with van der Waals surface area (Å²) in [6.45, 7) is 10.4. The Morgan fingerprint density at radius 1 is 1.21 bits per heavy atom. The van der Waals surface area contributed by atoms with E-state index < -0.39 is 11.6 Å². The Balaban J connectivity index is 1.83. The minimum atomic E-state index is -0.576. The molecule has 28 heavy (non-hydrogen) atoms. The fourth-order valence-corrected chi connectivity index (χ4v) is 3.59. The second-order valence-electron chi connectivity index (χ2n) is 8.86. The second kappa shape index (κ2) is 7.49. The Bertz CT molecular complexity index is 885. The molecule has 150 valence electrons. The Hall–Kier alpha value is -2.50. The summed E-state index contributed by atoms with van der Waals surface area (Å²) in [5, 5.41) is 2.92. The number of carbonyl (C=O) groups is 1. The average molecular weight is 387 g/mol. The van der Waals surface area contributed by atoms with Crippen molar-refractivity contribution in [2.45, 2.75) is 60.0 Å². The summed E-state index contributed by atoms with van der Waals surface area (Å²) >= 11 is 0. The van der Waals surface area contributed by atoms with Crippen LogP contribution in [0.3, 0.4) is 0 Å². The quantitative estimate of drug-likeness (QED) is 0.803. The first kappa shape index (κ1) is 20.2. The van der Waals surface area contributed by atoms with Gasteiger partial charge in [0.05, 0.1) is 11.4 Å². The molecule has 1 aliphatic heterocycles. The number of carbonyl (C=O) groups excluding carboxylic acids is 1. The number of rotatable bonds is 4. The Morgan fingerprint density at radius 2 is 1.86 bits per heavy atom. The number of nitrogens with zero attached hydrogens (tertiary/aromatic N) is 2. The predicted octanol–water partition coefficient (Wildman–Crippen LogP) is 4.99. The Kier molecular flexibility index (Phi) is 5.41. The van der Waals surface area contributed by atoms with E-state index in [1.807, 2.05) is 33.8 Å². The third-order valence-corrected chi connectivity index (χ3v) is 4.82. The van der Waals surface area contributed by atoms with E-state index in [1.54, 1.807) is 0 Å². The van der Waals surface area contributed by atoms with E-state index in [1.165, 1.54) is 12.1 Å². The van der Waals surface area contributed by atoms with E-state index >= 15 is 0 Å². The first-order valence-corrected chi connectivity index (χ1v) is 9.54. The molecule has 1 aromatic carbocycles. The van der Waals surface area contributed by atoms with Gasteiger partial charge in [-0.3, -0.25) is 4.79 Å². The van der Waals surface area contributed by atoms with Gasteiger partial charge in [-0.1, -0.05) is 20.8 Å². The van der Waals surface area contributed by atoms with Crippen LogP contribution in [-0.2, 0) is 17.8 Å². The monoisotopic (exact) mass is 387 g/mol. The van der Waals surface area contributed by atoms with Gasteiger partial charge >= 0.3 is 0 Å². The van der Waals surface area contributed by atoms with Gasteiger partial charge < -0.3 is 10.2 Å². The van der Waals surface area contributed by atoms with E-state index in [-0.39, 0.29) is 17.4 Å². The molecule has 1 N–H and O–H groups in total. The molecule has 0 unspecified atom stereocenters. The van der Waals surface area contributed by atoms with Crippen LogP contribution < -0.4 is 10.2 Å². The molecule has 1 aromatic heterocycles. The zero-order chi connectivity index (χ0) is 20.6. The van der Waals surface area contributed by atoms with Gasteiger partial charge in [0, 0.05) is 31.5 Å². The van der Waals surface area contributed by atoms with Crippen molar-refractivity contribution < 1.29 is 13.6 Å². The number of hydrogen-bond acceptors (Lipinski definition) is 3. The Morgan fingerprint density at radius 3 is 2.46 bits per heavy atom.